The van der Waals surface area contributed by atoms with Crippen LogP contribution >= 0.6 is 0 Å². The number of nitrogens with one attached hydrogen (secondary N) is 1. The van der Waals surface area contributed by atoms with Crippen LogP contribution in [0.5, 0.6) is 5.75 Å². The second kappa shape index (κ2) is 10.9. The summed E-state index contributed by atoms with van der Waals surface area (Å²) in [7, 11) is 0. The number of fused-ring (bicyclic) bond motifs is 1. The summed E-state index contributed by atoms with van der Waals surface area (Å²) in [6.45, 7) is 0. The Morgan fingerprint density at radius 3 is 1.95 bits per heavy atom. The van der Waals surface area contributed by atoms with Crippen LogP contribution in [-0.4, -0.2) is 23.2 Å². The minimum Gasteiger partial charge on any atom is -0.423 e. The Morgan fingerprint density at radius 2 is 1.29 bits per heavy atom. The number of ether oxygens (including phenoxy) is 1. The molecule has 0 bridgehead atoms. The highest BCUT2D eigenvalue weighted by atomic mass is 16.5. The molecule has 186 valence electrons. The number of hydrogen-bond acceptors (Lipinski definition) is 5. The van der Waals surface area contributed by atoms with Crippen molar-refractivity contribution < 1.29 is 19.4 Å². The van der Waals surface area contributed by atoms with Crippen LogP contribution in [0.3, 0.4) is 0 Å². The Kier molecular flexibility index (Phi) is 7.06. The quantitative estimate of drug-likeness (QED) is 0.135. The first-order chi connectivity index (χ1) is 18.6. The number of esters is 1. The molecule has 5 aromatic rings. The predicted molar refractivity (Wildman–Crippen MR) is 147 cm³/mol. The van der Waals surface area contributed by atoms with Gasteiger partial charge in [0.05, 0.1) is 11.8 Å². The van der Waals surface area contributed by atoms with E-state index in [9.17, 15) is 14.7 Å². The molecule has 6 nitrogen and oxygen atoms in total. The van der Waals surface area contributed by atoms with E-state index >= 15 is 0 Å². The Hall–Kier alpha value is -5.07. The van der Waals surface area contributed by atoms with Gasteiger partial charge in [0, 0.05) is 0 Å². The lowest BCUT2D eigenvalue weighted by atomic mass is 9.85. The highest BCUT2D eigenvalue weighted by Crippen LogP contribution is 2.30. The number of hydrogen-bond donors (Lipinski definition) is 2. The number of hydrazone groups is 1. The molecule has 6 heteroatoms. The van der Waals surface area contributed by atoms with Gasteiger partial charge in [0.15, 0.2) is 5.60 Å². The van der Waals surface area contributed by atoms with Gasteiger partial charge in [0.2, 0.25) is 0 Å². The predicted octanol–water partition coefficient (Wildman–Crippen LogP) is 5.45. The topological polar surface area (TPSA) is 88.0 Å². The van der Waals surface area contributed by atoms with Crippen LogP contribution in [0.15, 0.2) is 132 Å². The largest absolute Gasteiger partial charge is 0.423 e. The van der Waals surface area contributed by atoms with E-state index in [4.69, 9.17) is 4.74 Å². The van der Waals surface area contributed by atoms with Crippen molar-refractivity contribution in [2.75, 3.05) is 0 Å². The lowest BCUT2D eigenvalue weighted by Crippen LogP contribution is -2.43. The van der Waals surface area contributed by atoms with Crippen LogP contribution in [0.2, 0.25) is 0 Å². The molecule has 5 rings (SSSR count). The monoisotopic (exact) mass is 500 g/mol. The van der Waals surface area contributed by atoms with Crippen molar-refractivity contribution >= 4 is 28.9 Å². The summed E-state index contributed by atoms with van der Waals surface area (Å²) in [4.78, 5) is 25.9. The summed E-state index contributed by atoms with van der Waals surface area (Å²) in [6.07, 6.45) is 1.45. The average molecular weight is 501 g/mol. The smallest absolute Gasteiger partial charge is 0.344 e. The minimum absolute atomic E-state index is 0.381. The molecule has 0 atom stereocenters. The van der Waals surface area contributed by atoms with E-state index in [1.165, 1.54) is 6.21 Å². The molecule has 0 aliphatic carbocycles. The third-order valence-corrected chi connectivity index (χ3v) is 6.19. The third kappa shape index (κ3) is 5.07. The molecule has 5 aromatic carbocycles. The second-order valence-electron chi connectivity index (χ2n) is 8.63. The highest BCUT2D eigenvalue weighted by Gasteiger charge is 2.39. The first-order valence-electron chi connectivity index (χ1n) is 12.0. The number of amides is 1. The van der Waals surface area contributed by atoms with E-state index in [-0.39, 0.29) is 0 Å². The number of nitrogens with zero attached hydrogens (tertiary/aromatic N) is 1. The van der Waals surface area contributed by atoms with Crippen LogP contribution in [0.25, 0.3) is 10.8 Å². The maximum atomic E-state index is 13.1. The van der Waals surface area contributed by atoms with Crippen LogP contribution in [-0.2, 0) is 10.4 Å². The number of benzene rings is 5. The third-order valence-electron chi connectivity index (χ3n) is 6.19. The fourth-order valence-electron chi connectivity index (χ4n) is 4.22. The van der Waals surface area contributed by atoms with Gasteiger partial charge in [-0.3, -0.25) is 4.79 Å². The Bertz CT molecular complexity index is 1550. The van der Waals surface area contributed by atoms with Crippen LogP contribution in [0.4, 0.5) is 0 Å². The molecule has 0 spiro atoms. The van der Waals surface area contributed by atoms with Gasteiger partial charge in [-0.1, -0.05) is 97.1 Å². The Morgan fingerprint density at radius 1 is 0.711 bits per heavy atom. The van der Waals surface area contributed by atoms with Crippen molar-refractivity contribution in [2.24, 2.45) is 5.10 Å². The van der Waals surface area contributed by atoms with Crippen molar-refractivity contribution in [2.45, 2.75) is 5.60 Å². The van der Waals surface area contributed by atoms with Gasteiger partial charge in [-0.15, -0.1) is 0 Å². The fourth-order valence-corrected chi connectivity index (χ4v) is 4.22. The van der Waals surface area contributed by atoms with Gasteiger partial charge >= 0.3 is 5.97 Å². The van der Waals surface area contributed by atoms with Gasteiger partial charge < -0.3 is 9.84 Å². The lowest BCUT2D eigenvalue weighted by Gasteiger charge is -2.27. The zero-order chi connectivity index (χ0) is 26.4. The number of aliphatic hydroxyl groups is 1. The molecular weight excluding hydrogens is 476 g/mol. The average Bonchev–Trinajstić information content (AvgIpc) is 2.98. The molecule has 0 aliphatic heterocycles. The molecule has 0 aromatic heterocycles. The van der Waals surface area contributed by atoms with Gasteiger partial charge in [-0.25, -0.2) is 10.2 Å². The zero-order valence-corrected chi connectivity index (χ0v) is 20.3. The molecule has 0 unspecified atom stereocenters. The molecule has 1 amide bonds. The van der Waals surface area contributed by atoms with Gasteiger partial charge in [-0.05, 0) is 57.8 Å². The van der Waals surface area contributed by atoms with E-state index in [0.29, 0.717) is 28.0 Å². The molecule has 0 radical (unpaired) electrons. The lowest BCUT2D eigenvalue weighted by molar-refractivity contribution is -0.136. The van der Waals surface area contributed by atoms with Crippen molar-refractivity contribution in [3.05, 3.63) is 150 Å². The van der Waals surface area contributed by atoms with Crippen LogP contribution in [0, 0.1) is 0 Å². The van der Waals surface area contributed by atoms with Crippen LogP contribution < -0.4 is 10.2 Å². The Balaban J connectivity index is 1.27. The standard InChI is InChI=1S/C32H24N2O4/c35-30(29-17-9-11-24-10-7-8-16-28(24)29)38-27-20-18-23(19-21-27)22-33-34-31(36)32(37,25-12-3-1-4-13-25)26-14-5-2-6-15-26/h1-22,37H,(H,34,36). The van der Waals surface area contributed by atoms with Crippen molar-refractivity contribution in [1.82, 2.24) is 5.43 Å². The van der Waals surface area contributed by atoms with Crippen LogP contribution in [0.1, 0.15) is 27.0 Å². The maximum Gasteiger partial charge on any atom is 0.344 e. The molecule has 2 N–H and O–H groups in total. The zero-order valence-electron chi connectivity index (χ0n) is 20.3. The molecular formula is C32H24N2O4. The molecule has 0 saturated carbocycles. The number of carbonyl (C=O) groups is 2. The van der Waals surface area contributed by atoms with Gasteiger partial charge in [-0.2, -0.15) is 5.10 Å². The Labute approximate surface area is 219 Å². The van der Waals surface area contributed by atoms with E-state index in [0.717, 1.165) is 10.8 Å². The first kappa shape index (κ1) is 24.6. The SMILES string of the molecule is O=C(Oc1ccc(C=NNC(=O)C(O)(c2ccccc2)c2ccccc2)cc1)c1cccc2ccccc12. The fraction of sp³-hybridized carbons (Fsp3) is 0.0312. The molecule has 0 fully saturated rings. The summed E-state index contributed by atoms with van der Waals surface area (Å²) < 4.78 is 5.56. The van der Waals surface area contributed by atoms with E-state index < -0.39 is 17.5 Å². The molecule has 0 heterocycles. The van der Waals surface area contributed by atoms with Crippen molar-refractivity contribution in [3.63, 3.8) is 0 Å². The minimum atomic E-state index is -1.92. The molecule has 38 heavy (non-hydrogen) atoms. The van der Waals surface area contributed by atoms with Crippen molar-refractivity contribution in [1.29, 1.82) is 0 Å². The summed E-state index contributed by atoms with van der Waals surface area (Å²) in [5, 5.41) is 17.3. The summed E-state index contributed by atoms with van der Waals surface area (Å²) >= 11 is 0. The van der Waals surface area contributed by atoms with Crippen molar-refractivity contribution in [3.8, 4) is 5.75 Å². The van der Waals surface area contributed by atoms with Gasteiger partial charge in [0.25, 0.3) is 5.91 Å². The highest BCUT2D eigenvalue weighted by molar-refractivity contribution is 6.05. The van der Waals surface area contributed by atoms with E-state index in [1.807, 2.05) is 48.5 Å². The second-order valence-corrected chi connectivity index (χ2v) is 8.63. The number of carbonyl (C=O) groups excluding carboxylic acids is 2. The molecule has 0 saturated heterocycles. The normalized spacial score (nSPS) is 11.4. The number of rotatable bonds is 7. The van der Waals surface area contributed by atoms with E-state index in [2.05, 4.69) is 10.5 Å². The summed E-state index contributed by atoms with van der Waals surface area (Å²) in [6, 6.07) is 37.3. The first-order valence-corrected chi connectivity index (χ1v) is 12.0. The summed E-state index contributed by atoms with van der Waals surface area (Å²) in [5.41, 5.74) is 2.54. The summed E-state index contributed by atoms with van der Waals surface area (Å²) in [5.74, 6) is -0.755. The maximum absolute atomic E-state index is 13.1. The molecule has 0 aliphatic rings. The van der Waals surface area contributed by atoms with Gasteiger partial charge in [0.1, 0.15) is 5.75 Å². The van der Waals surface area contributed by atoms with E-state index in [1.54, 1.807) is 78.9 Å².